The number of benzene rings is 1. The summed E-state index contributed by atoms with van der Waals surface area (Å²) >= 11 is 0. The zero-order valence-corrected chi connectivity index (χ0v) is 16.7. The first-order valence-electron chi connectivity index (χ1n) is 10.1. The molecule has 0 unspecified atom stereocenters. The molecular formula is C23H24N6O. The third-order valence-corrected chi connectivity index (χ3v) is 5.15. The summed E-state index contributed by atoms with van der Waals surface area (Å²) in [4.78, 5) is 15.5. The van der Waals surface area contributed by atoms with Crippen molar-refractivity contribution in [3.63, 3.8) is 0 Å². The van der Waals surface area contributed by atoms with E-state index in [2.05, 4.69) is 32.3 Å². The van der Waals surface area contributed by atoms with Gasteiger partial charge in [-0.05, 0) is 43.1 Å². The smallest absolute Gasteiger partial charge is 0.227 e. The van der Waals surface area contributed by atoms with E-state index in [1.807, 2.05) is 30.3 Å². The lowest BCUT2D eigenvalue weighted by molar-refractivity contribution is 0.0882. The van der Waals surface area contributed by atoms with Crippen LogP contribution in [-0.2, 0) is 11.3 Å². The largest absolute Gasteiger partial charge is 0.375 e. The molecule has 0 bridgehead atoms. The molecule has 0 saturated carbocycles. The molecule has 1 aliphatic heterocycles. The summed E-state index contributed by atoms with van der Waals surface area (Å²) in [5.74, 6) is 0.534. The van der Waals surface area contributed by atoms with Crippen molar-refractivity contribution in [2.45, 2.75) is 25.5 Å². The molecule has 0 aliphatic carbocycles. The minimum Gasteiger partial charge on any atom is -0.375 e. The molecule has 1 N–H and O–H groups in total. The Hall–Kier alpha value is -3.34. The summed E-state index contributed by atoms with van der Waals surface area (Å²) in [6.07, 6.45) is 5.62. The number of aromatic nitrogens is 3. The fourth-order valence-corrected chi connectivity index (χ4v) is 3.66. The molecule has 1 atom stereocenters. The number of pyridine rings is 1. The van der Waals surface area contributed by atoms with Crippen molar-refractivity contribution in [1.29, 1.82) is 5.26 Å². The maximum atomic E-state index is 8.86. The van der Waals surface area contributed by atoms with Crippen LogP contribution in [0.4, 0.5) is 11.6 Å². The lowest BCUT2D eigenvalue weighted by atomic mass is 10.1. The van der Waals surface area contributed by atoms with Crippen LogP contribution in [0.15, 0.2) is 60.9 Å². The van der Waals surface area contributed by atoms with Crippen LogP contribution in [0.2, 0.25) is 0 Å². The van der Waals surface area contributed by atoms with E-state index in [1.54, 1.807) is 24.5 Å². The Balaban J connectivity index is 1.34. The van der Waals surface area contributed by atoms with Gasteiger partial charge in [-0.15, -0.1) is 0 Å². The zero-order valence-electron chi connectivity index (χ0n) is 16.7. The fourth-order valence-electron chi connectivity index (χ4n) is 3.66. The monoisotopic (exact) mass is 400 g/mol. The highest BCUT2D eigenvalue weighted by atomic mass is 16.5. The molecule has 1 aromatic carbocycles. The van der Waals surface area contributed by atoms with Crippen LogP contribution in [0.1, 0.15) is 35.8 Å². The zero-order chi connectivity index (χ0) is 20.6. The van der Waals surface area contributed by atoms with E-state index in [4.69, 9.17) is 15.0 Å². The van der Waals surface area contributed by atoms with Gasteiger partial charge in [0, 0.05) is 12.7 Å². The lowest BCUT2D eigenvalue weighted by Crippen LogP contribution is -2.28. The molecule has 152 valence electrons. The van der Waals surface area contributed by atoms with Gasteiger partial charge >= 0.3 is 0 Å². The van der Waals surface area contributed by atoms with Crippen LogP contribution < -0.4 is 5.32 Å². The lowest BCUT2D eigenvalue weighted by Gasteiger charge is -2.24. The summed E-state index contributed by atoms with van der Waals surface area (Å²) in [7, 11) is 0. The summed E-state index contributed by atoms with van der Waals surface area (Å²) in [6, 6.07) is 18.0. The summed E-state index contributed by atoms with van der Waals surface area (Å²) in [5.41, 5.74) is 3.34. The van der Waals surface area contributed by atoms with E-state index in [-0.39, 0.29) is 6.04 Å². The number of hydrogen-bond donors (Lipinski definition) is 1. The Kier molecular flexibility index (Phi) is 6.60. The van der Waals surface area contributed by atoms with Crippen LogP contribution in [0, 0.1) is 11.3 Å². The Morgan fingerprint density at radius 1 is 1.13 bits per heavy atom. The number of nitriles is 1. The normalized spacial score (nSPS) is 16.3. The van der Waals surface area contributed by atoms with Crippen LogP contribution in [0.25, 0.3) is 0 Å². The predicted molar refractivity (Wildman–Crippen MR) is 114 cm³/mol. The Bertz CT molecular complexity index is 987. The number of rotatable bonds is 8. The molecule has 0 radical (unpaired) electrons. The van der Waals surface area contributed by atoms with Crippen molar-refractivity contribution in [3.8, 4) is 6.07 Å². The summed E-state index contributed by atoms with van der Waals surface area (Å²) < 4.78 is 5.87. The maximum Gasteiger partial charge on any atom is 0.227 e. The molecule has 0 amide bonds. The van der Waals surface area contributed by atoms with Crippen LogP contribution in [-0.4, -0.2) is 39.5 Å². The maximum absolute atomic E-state index is 8.86. The van der Waals surface area contributed by atoms with E-state index < -0.39 is 0 Å². The SMILES string of the molecule is N#Cc1ccc(Nc2nccc([C@H]3CCCN3CCOCc3ccccc3)n2)cn1. The second-order valence-electron chi connectivity index (χ2n) is 7.21. The van der Waals surface area contributed by atoms with Crippen molar-refractivity contribution in [3.05, 3.63) is 77.9 Å². The third kappa shape index (κ3) is 5.17. The minimum atomic E-state index is 0.271. The van der Waals surface area contributed by atoms with Gasteiger partial charge in [0.05, 0.1) is 36.8 Å². The highest BCUT2D eigenvalue weighted by Gasteiger charge is 2.27. The van der Waals surface area contributed by atoms with Gasteiger partial charge < -0.3 is 10.1 Å². The molecule has 0 spiro atoms. The molecule has 3 heterocycles. The first-order chi connectivity index (χ1) is 14.8. The van der Waals surface area contributed by atoms with E-state index >= 15 is 0 Å². The van der Waals surface area contributed by atoms with Gasteiger partial charge in [-0.3, -0.25) is 4.90 Å². The van der Waals surface area contributed by atoms with Gasteiger partial charge in [0.1, 0.15) is 11.8 Å². The van der Waals surface area contributed by atoms with Crippen molar-refractivity contribution in [1.82, 2.24) is 19.9 Å². The van der Waals surface area contributed by atoms with Gasteiger partial charge in [-0.1, -0.05) is 30.3 Å². The van der Waals surface area contributed by atoms with Crippen molar-refractivity contribution >= 4 is 11.6 Å². The summed E-state index contributed by atoms with van der Waals surface area (Å²) in [6.45, 7) is 3.26. The quantitative estimate of drug-likeness (QED) is 0.575. The standard InChI is InChI=1S/C23H24N6O/c24-15-19-8-9-20(16-26-19)27-23-25-11-10-21(28-23)22-7-4-12-29(22)13-14-30-17-18-5-2-1-3-6-18/h1-3,5-6,8-11,16,22H,4,7,12-14,17H2,(H,25,27,28)/t22-/m1/s1. The molecule has 1 saturated heterocycles. The van der Waals surface area contributed by atoms with Crippen molar-refractivity contribution in [2.75, 3.05) is 25.0 Å². The second-order valence-corrected chi connectivity index (χ2v) is 7.21. The molecule has 7 heteroatoms. The van der Waals surface area contributed by atoms with Gasteiger partial charge in [-0.2, -0.15) is 5.26 Å². The first-order valence-corrected chi connectivity index (χ1v) is 10.1. The van der Waals surface area contributed by atoms with E-state index in [1.165, 1.54) is 5.56 Å². The van der Waals surface area contributed by atoms with Crippen molar-refractivity contribution < 1.29 is 4.74 Å². The van der Waals surface area contributed by atoms with Crippen LogP contribution in [0.3, 0.4) is 0 Å². The first kappa shape index (κ1) is 20.0. The third-order valence-electron chi connectivity index (χ3n) is 5.15. The molecule has 1 fully saturated rings. The average Bonchev–Trinajstić information content (AvgIpc) is 3.27. The summed E-state index contributed by atoms with van der Waals surface area (Å²) in [5, 5.41) is 12.0. The van der Waals surface area contributed by atoms with Crippen molar-refractivity contribution in [2.24, 2.45) is 0 Å². The van der Waals surface area contributed by atoms with Gasteiger partial charge in [0.15, 0.2) is 0 Å². The number of nitrogens with one attached hydrogen (secondary N) is 1. The Morgan fingerprint density at radius 3 is 2.83 bits per heavy atom. The number of anilines is 2. The van der Waals surface area contributed by atoms with Gasteiger partial charge in [0.2, 0.25) is 5.95 Å². The van der Waals surface area contributed by atoms with Crippen LogP contribution in [0.5, 0.6) is 0 Å². The molecular weight excluding hydrogens is 376 g/mol. The van der Waals surface area contributed by atoms with E-state index in [0.717, 1.165) is 37.3 Å². The Morgan fingerprint density at radius 2 is 2.03 bits per heavy atom. The number of nitrogens with zero attached hydrogens (tertiary/aromatic N) is 5. The number of hydrogen-bond acceptors (Lipinski definition) is 7. The molecule has 7 nitrogen and oxygen atoms in total. The molecule has 2 aromatic heterocycles. The van der Waals surface area contributed by atoms with Gasteiger partial charge in [0.25, 0.3) is 0 Å². The molecule has 1 aliphatic rings. The predicted octanol–water partition coefficient (Wildman–Crippen LogP) is 3.84. The highest BCUT2D eigenvalue weighted by Crippen LogP contribution is 2.30. The molecule has 3 aromatic rings. The fraction of sp³-hybridized carbons (Fsp3) is 0.304. The highest BCUT2D eigenvalue weighted by molar-refractivity contribution is 5.52. The van der Waals surface area contributed by atoms with Gasteiger partial charge in [-0.25, -0.2) is 15.0 Å². The topological polar surface area (TPSA) is 87.0 Å². The minimum absolute atomic E-state index is 0.271. The van der Waals surface area contributed by atoms with E-state index in [0.29, 0.717) is 24.9 Å². The second kappa shape index (κ2) is 9.92. The number of ether oxygens (including phenoxy) is 1. The number of likely N-dealkylation sites (tertiary alicyclic amines) is 1. The Labute approximate surface area is 176 Å². The van der Waals surface area contributed by atoms with E-state index in [9.17, 15) is 0 Å². The van der Waals surface area contributed by atoms with Crippen LogP contribution >= 0.6 is 0 Å². The molecule has 30 heavy (non-hydrogen) atoms. The molecule has 4 rings (SSSR count). The average molecular weight is 400 g/mol.